The number of hydrogen-bond acceptors (Lipinski definition) is 2. The van der Waals surface area contributed by atoms with Crippen LogP contribution in [0.15, 0.2) is 33.2 Å². The maximum atomic E-state index is 12.5. The van der Waals surface area contributed by atoms with Crippen molar-refractivity contribution in [1.29, 1.82) is 0 Å². The third kappa shape index (κ3) is 3.40. The molecule has 0 fully saturated rings. The van der Waals surface area contributed by atoms with Crippen molar-refractivity contribution in [3.63, 3.8) is 0 Å². The minimum absolute atomic E-state index is 0.128. The first kappa shape index (κ1) is 18.2. The molecule has 1 heterocycles. The zero-order valence-corrected chi connectivity index (χ0v) is 17.7. The highest BCUT2D eigenvalue weighted by atomic mass is 79.9. The molecule has 0 aromatic heterocycles. The van der Waals surface area contributed by atoms with Gasteiger partial charge < -0.3 is 10.4 Å². The first-order valence-electron chi connectivity index (χ1n) is 7.94. The number of halogens is 2. The highest BCUT2D eigenvalue weighted by molar-refractivity contribution is 9.11. The number of carbonyl (C=O) groups is 1. The predicted molar refractivity (Wildman–Crippen MR) is 110 cm³/mol. The Kier molecular flexibility index (Phi) is 4.58. The third-order valence-corrected chi connectivity index (χ3v) is 5.35. The summed E-state index contributed by atoms with van der Waals surface area (Å²) < 4.78 is 1.74. The van der Waals surface area contributed by atoms with E-state index in [1.807, 2.05) is 37.3 Å². The maximum Gasteiger partial charge on any atom is 0.256 e. The minimum atomic E-state index is -0.189. The van der Waals surface area contributed by atoms with Gasteiger partial charge in [0.15, 0.2) is 0 Å². The van der Waals surface area contributed by atoms with Gasteiger partial charge in [-0.05, 0) is 69.7 Å². The second-order valence-corrected chi connectivity index (χ2v) is 9.08. The lowest BCUT2D eigenvalue weighted by atomic mass is 9.84. The lowest BCUT2D eigenvalue weighted by Gasteiger charge is -2.22. The van der Waals surface area contributed by atoms with E-state index in [1.165, 1.54) is 0 Å². The van der Waals surface area contributed by atoms with E-state index in [0.717, 1.165) is 36.9 Å². The third-order valence-electron chi connectivity index (χ3n) is 4.27. The number of benzene rings is 2. The van der Waals surface area contributed by atoms with Crippen LogP contribution in [0, 0.1) is 6.92 Å². The van der Waals surface area contributed by atoms with Gasteiger partial charge in [-0.1, -0.05) is 36.7 Å². The molecular formula is C20H19Br2NO2. The van der Waals surface area contributed by atoms with E-state index >= 15 is 0 Å². The predicted octanol–water partition coefficient (Wildman–Crippen LogP) is 6.02. The normalized spacial score (nSPS) is 15.4. The Morgan fingerprint density at radius 2 is 1.80 bits per heavy atom. The number of rotatable bonds is 1. The van der Waals surface area contributed by atoms with Crippen molar-refractivity contribution >= 4 is 55.1 Å². The van der Waals surface area contributed by atoms with Crippen LogP contribution in [-0.4, -0.2) is 11.0 Å². The van der Waals surface area contributed by atoms with Crippen LogP contribution in [-0.2, 0) is 10.2 Å². The average Bonchev–Trinajstić information content (AvgIpc) is 2.78. The van der Waals surface area contributed by atoms with Crippen LogP contribution in [0.4, 0.5) is 5.69 Å². The molecule has 2 aromatic rings. The number of phenols is 1. The van der Waals surface area contributed by atoms with Gasteiger partial charge >= 0.3 is 0 Å². The van der Waals surface area contributed by atoms with Gasteiger partial charge in [-0.3, -0.25) is 4.79 Å². The van der Waals surface area contributed by atoms with Gasteiger partial charge in [0.2, 0.25) is 0 Å². The highest BCUT2D eigenvalue weighted by Gasteiger charge is 2.27. The largest absolute Gasteiger partial charge is 0.507 e. The summed E-state index contributed by atoms with van der Waals surface area (Å²) in [5.74, 6) is 0.188. The molecule has 0 spiro atoms. The molecule has 1 aliphatic rings. The zero-order chi connectivity index (χ0) is 18.5. The number of aryl methyl sites for hydroxylation is 1. The summed E-state index contributed by atoms with van der Waals surface area (Å²) in [4.78, 5) is 12.5. The number of fused-ring (bicyclic) bond motifs is 1. The Balaban J connectivity index is 2.18. The number of hydrogen-bond donors (Lipinski definition) is 2. The second kappa shape index (κ2) is 6.29. The second-order valence-electron chi connectivity index (χ2n) is 7.31. The number of nitrogens with one attached hydrogen (secondary N) is 1. The summed E-state index contributed by atoms with van der Waals surface area (Å²) in [6.45, 7) is 8.06. The standard InChI is InChI=1S/C20H19Br2NO2/c1-10-5-11(7-15(18(10)24)20(2,3)4)6-14-13-8-12(21)9-16(22)17(13)23-19(14)25/h5-9,24H,1-4H3,(H,23,25). The zero-order valence-electron chi connectivity index (χ0n) is 14.5. The van der Waals surface area contributed by atoms with Crippen LogP contribution in [0.2, 0.25) is 0 Å². The molecule has 130 valence electrons. The Bertz CT molecular complexity index is 924. The van der Waals surface area contributed by atoms with Gasteiger partial charge in [-0.25, -0.2) is 0 Å². The van der Waals surface area contributed by atoms with Crippen molar-refractivity contribution in [1.82, 2.24) is 0 Å². The van der Waals surface area contributed by atoms with Gasteiger partial charge in [0.05, 0.1) is 5.69 Å². The van der Waals surface area contributed by atoms with Gasteiger partial charge in [0, 0.05) is 25.6 Å². The van der Waals surface area contributed by atoms with Crippen LogP contribution in [0.1, 0.15) is 43.0 Å². The first-order valence-corrected chi connectivity index (χ1v) is 9.53. The molecule has 0 saturated carbocycles. The Hall–Kier alpha value is -1.59. The van der Waals surface area contributed by atoms with Crippen LogP contribution < -0.4 is 5.32 Å². The molecule has 2 N–H and O–H groups in total. The molecule has 1 amide bonds. The molecule has 0 unspecified atom stereocenters. The Morgan fingerprint density at radius 1 is 1.12 bits per heavy atom. The summed E-state index contributed by atoms with van der Waals surface area (Å²) in [6.07, 6.45) is 1.88. The molecular weight excluding hydrogens is 446 g/mol. The summed E-state index contributed by atoms with van der Waals surface area (Å²) in [6, 6.07) is 7.69. The quantitative estimate of drug-likeness (QED) is 0.507. The van der Waals surface area contributed by atoms with E-state index in [2.05, 4.69) is 57.9 Å². The fourth-order valence-corrected chi connectivity index (χ4v) is 4.31. The van der Waals surface area contributed by atoms with Crippen molar-refractivity contribution in [2.24, 2.45) is 0 Å². The molecule has 5 heteroatoms. The Labute approximate surface area is 164 Å². The van der Waals surface area contributed by atoms with Gasteiger partial charge in [-0.2, -0.15) is 0 Å². The lowest BCUT2D eigenvalue weighted by molar-refractivity contribution is -0.110. The van der Waals surface area contributed by atoms with Gasteiger partial charge in [-0.15, -0.1) is 0 Å². The number of amides is 1. The number of carbonyl (C=O) groups excluding carboxylic acids is 1. The van der Waals surface area contributed by atoms with Crippen molar-refractivity contribution < 1.29 is 9.90 Å². The number of anilines is 1. The summed E-state index contributed by atoms with van der Waals surface area (Å²) in [7, 11) is 0. The van der Waals surface area contributed by atoms with Crippen LogP contribution in [0.25, 0.3) is 11.6 Å². The van der Waals surface area contributed by atoms with E-state index < -0.39 is 0 Å². The molecule has 3 nitrogen and oxygen atoms in total. The van der Waals surface area contributed by atoms with Crippen molar-refractivity contribution in [2.45, 2.75) is 33.1 Å². The van der Waals surface area contributed by atoms with Crippen molar-refractivity contribution in [3.8, 4) is 5.75 Å². The molecule has 0 bridgehead atoms. The van der Waals surface area contributed by atoms with Gasteiger partial charge in [0.1, 0.15) is 5.75 Å². The van der Waals surface area contributed by atoms with Gasteiger partial charge in [0.25, 0.3) is 5.91 Å². The summed E-state index contributed by atoms with van der Waals surface area (Å²) in [5, 5.41) is 13.3. The topological polar surface area (TPSA) is 49.3 Å². The minimum Gasteiger partial charge on any atom is -0.507 e. The van der Waals surface area contributed by atoms with Crippen LogP contribution >= 0.6 is 31.9 Å². The molecule has 2 aromatic carbocycles. The average molecular weight is 465 g/mol. The molecule has 0 aliphatic carbocycles. The van der Waals surface area contributed by atoms with E-state index in [0.29, 0.717) is 11.3 Å². The van der Waals surface area contributed by atoms with Crippen molar-refractivity contribution in [2.75, 3.05) is 5.32 Å². The molecule has 0 radical (unpaired) electrons. The van der Waals surface area contributed by atoms with E-state index in [-0.39, 0.29) is 11.3 Å². The van der Waals surface area contributed by atoms with Crippen LogP contribution in [0.3, 0.4) is 0 Å². The molecule has 25 heavy (non-hydrogen) atoms. The summed E-state index contributed by atoms with van der Waals surface area (Å²) >= 11 is 6.97. The summed E-state index contributed by atoms with van der Waals surface area (Å²) in [5.41, 5.74) is 4.63. The highest BCUT2D eigenvalue weighted by Crippen LogP contribution is 2.41. The number of aromatic hydroxyl groups is 1. The first-order chi connectivity index (χ1) is 11.6. The van der Waals surface area contributed by atoms with E-state index in [4.69, 9.17) is 0 Å². The maximum absolute atomic E-state index is 12.5. The lowest BCUT2D eigenvalue weighted by Crippen LogP contribution is -2.12. The fraction of sp³-hybridized carbons (Fsp3) is 0.250. The molecule has 3 rings (SSSR count). The van der Waals surface area contributed by atoms with Crippen molar-refractivity contribution in [3.05, 3.63) is 55.5 Å². The SMILES string of the molecule is Cc1cc(C=C2C(=O)Nc3c(Br)cc(Br)cc32)cc(C(C)(C)C)c1O. The fourth-order valence-electron chi connectivity index (χ4n) is 2.99. The molecule has 1 aliphatic heterocycles. The Morgan fingerprint density at radius 3 is 2.44 bits per heavy atom. The molecule has 0 saturated heterocycles. The molecule has 0 atom stereocenters. The van der Waals surface area contributed by atoms with Crippen LogP contribution in [0.5, 0.6) is 5.75 Å². The van der Waals surface area contributed by atoms with E-state index in [1.54, 1.807) is 0 Å². The monoisotopic (exact) mass is 463 g/mol. The smallest absolute Gasteiger partial charge is 0.256 e. The van der Waals surface area contributed by atoms with E-state index in [9.17, 15) is 9.90 Å². The number of phenolic OH excluding ortho intramolecular Hbond substituents is 1.